The van der Waals surface area contributed by atoms with E-state index in [4.69, 9.17) is 18.9 Å². The van der Waals surface area contributed by atoms with Gasteiger partial charge in [0.2, 0.25) is 5.75 Å². The second kappa shape index (κ2) is 14.0. The van der Waals surface area contributed by atoms with Crippen molar-refractivity contribution >= 4 is 12.1 Å². The fourth-order valence-corrected chi connectivity index (χ4v) is 2.98. The first kappa shape index (κ1) is 26.0. The van der Waals surface area contributed by atoms with Gasteiger partial charge in [-0.25, -0.2) is 14.6 Å². The van der Waals surface area contributed by atoms with Crippen molar-refractivity contribution in [3.8, 4) is 11.6 Å². The van der Waals surface area contributed by atoms with E-state index >= 15 is 0 Å². The second-order valence-corrected chi connectivity index (χ2v) is 6.64. The van der Waals surface area contributed by atoms with E-state index in [1.54, 1.807) is 0 Å². The van der Waals surface area contributed by atoms with Crippen molar-refractivity contribution < 1.29 is 33.3 Å². The summed E-state index contributed by atoms with van der Waals surface area (Å²) in [6.07, 6.45) is -0.675. The van der Waals surface area contributed by atoms with E-state index in [1.165, 1.54) is 7.11 Å². The van der Waals surface area contributed by atoms with Crippen LogP contribution in [0.2, 0.25) is 0 Å². The number of methoxy groups -OCH3 is 2. The van der Waals surface area contributed by atoms with Gasteiger partial charge in [0.15, 0.2) is 5.69 Å². The van der Waals surface area contributed by atoms with Gasteiger partial charge >= 0.3 is 12.1 Å². The van der Waals surface area contributed by atoms with Gasteiger partial charge in [-0.05, 0) is 5.56 Å². The van der Waals surface area contributed by atoms with Crippen LogP contribution in [0.4, 0.5) is 4.79 Å². The van der Waals surface area contributed by atoms with Crippen molar-refractivity contribution in [2.24, 2.45) is 0 Å². The summed E-state index contributed by atoms with van der Waals surface area (Å²) < 4.78 is 25.7. The van der Waals surface area contributed by atoms with Crippen molar-refractivity contribution in [2.75, 3.05) is 53.7 Å². The van der Waals surface area contributed by atoms with Gasteiger partial charge in [-0.3, -0.25) is 4.90 Å². The van der Waals surface area contributed by atoms with E-state index in [1.807, 2.05) is 44.2 Å². The number of hydrogen-bond donors (Lipinski definition) is 0. The Bertz CT molecular complexity index is 887. The lowest BCUT2D eigenvalue weighted by molar-refractivity contribution is 0.0316. The van der Waals surface area contributed by atoms with Crippen molar-refractivity contribution in [2.45, 2.75) is 20.3 Å². The molecule has 1 fully saturated rings. The number of morpholine rings is 1. The Kier molecular flexibility index (Phi) is 11.1. The van der Waals surface area contributed by atoms with Crippen LogP contribution in [0.25, 0.3) is 0 Å². The molecule has 0 bridgehead atoms. The fraction of sp³-hybridized carbons (Fsp3) is 0.478. The lowest BCUT2D eigenvalue weighted by Gasteiger charge is -2.26. The largest absolute Gasteiger partial charge is 0.513 e. The van der Waals surface area contributed by atoms with Crippen molar-refractivity contribution in [1.29, 1.82) is 0 Å². The number of carbonyl (C=O) groups excluding carboxylic acids is 2. The van der Waals surface area contributed by atoms with Crippen LogP contribution in [0.15, 0.2) is 30.3 Å². The van der Waals surface area contributed by atoms with Gasteiger partial charge in [-0.15, -0.1) is 0 Å². The molecule has 180 valence electrons. The minimum atomic E-state index is -1.03. The summed E-state index contributed by atoms with van der Waals surface area (Å²) in [5.74, 6) is -0.726. The third kappa shape index (κ3) is 7.99. The van der Waals surface area contributed by atoms with E-state index in [0.717, 1.165) is 25.8 Å². The Labute approximate surface area is 193 Å². The summed E-state index contributed by atoms with van der Waals surface area (Å²) in [7, 11) is 2.37. The molecule has 1 aliphatic heterocycles. The maximum absolute atomic E-state index is 12.4. The number of hydrogen-bond acceptors (Lipinski definition) is 10. The minimum Gasteiger partial charge on any atom is -0.474 e. The number of aromatic nitrogens is 2. The van der Waals surface area contributed by atoms with Crippen LogP contribution in [0, 0.1) is 0 Å². The first-order valence-electron chi connectivity index (χ1n) is 10.8. The number of carbonyl (C=O) groups is 2. The van der Waals surface area contributed by atoms with E-state index < -0.39 is 12.1 Å². The van der Waals surface area contributed by atoms with Crippen LogP contribution in [0.1, 0.15) is 35.7 Å². The molecule has 0 amide bonds. The number of benzene rings is 1. The Hall–Kier alpha value is -3.24. The molecule has 0 radical (unpaired) electrons. The Balaban J connectivity index is 0.00000187. The zero-order chi connectivity index (χ0) is 24.1. The summed E-state index contributed by atoms with van der Waals surface area (Å²) in [6, 6.07) is 9.52. The highest BCUT2D eigenvalue weighted by molar-refractivity contribution is 5.91. The van der Waals surface area contributed by atoms with Crippen LogP contribution >= 0.6 is 0 Å². The molecule has 1 aromatic carbocycles. The SMILES string of the molecule is CC.COC(=O)Oc1c(OCCN2CCOCC2)nc(Cc2ccccc2)nc1C(=O)OC. The first-order chi connectivity index (χ1) is 16.1. The molecule has 0 saturated carbocycles. The van der Waals surface area contributed by atoms with Gasteiger partial charge in [-0.2, -0.15) is 4.98 Å². The summed E-state index contributed by atoms with van der Waals surface area (Å²) in [6.45, 7) is 7.80. The van der Waals surface area contributed by atoms with Crippen molar-refractivity contribution in [3.63, 3.8) is 0 Å². The van der Waals surface area contributed by atoms with E-state index in [9.17, 15) is 9.59 Å². The predicted octanol–water partition coefficient (Wildman–Crippen LogP) is 2.74. The summed E-state index contributed by atoms with van der Waals surface area (Å²) >= 11 is 0. The molecule has 0 atom stereocenters. The molecule has 33 heavy (non-hydrogen) atoms. The van der Waals surface area contributed by atoms with Crippen LogP contribution in [-0.4, -0.2) is 80.7 Å². The zero-order valence-corrected chi connectivity index (χ0v) is 19.5. The third-order valence-electron chi connectivity index (χ3n) is 4.57. The van der Waals surface area contributed by atoms with Crippen LogP contribution < -0.4 is 9.47 Å². The summed E-state index contributed by atoms with van der Waals surface area (Å²) in [4.78, 5) is 35.0. The molecule has 1 aromatic heterocycles. The van der Waals surface area contributed by atoms with Crippen LogP contribution in [-0.2, 0) is 20.6 Å². The summed E-state index contributed by atoms with van der Waals surface area (Å²) in [5, 5.41) is 0. The van der Waals surface area contributed by atoms with Gasteiger partial charge in [-0.1, -0.05) is 44.2 Å². The average molecular weight is 462 g/mol. The highest BCUT2D eigenvalue weighted by atomic mass is 16.7. The minimum absolute atomic E-state index is 0.0278. The zero-order valence-electron chi connectivity index (χ0n) is 19.5. The molecule has 2 aromatic rings. The van der Waals surface area contributed by atoms with Crippen LogP contribution in [0.3, 0.4) is 0 Å². The lowest BCUT2D eigenvalue weighted by atomic mass is 10.1. The van der Waals surface area contributed by atoms with E-state index in [-0.39, 0.29) is 23.9 Å². The molecule has 1 aliphatic rings. The quantitative estimate of drug-likeness (QED) is 0.544. The predicted molar refractivity (Wildman–Crippen MR) is 120 cm³/mol. The topological polar surface area (TPSA) is 109 Å². The molecule has 2 heterocycles. The smallest absolute Gasteiger partial charge is 0.474 e. The maximum Gasteiger partial charge on any atom is 0.513 e. The molecule has 1 saturated heterocycles. The van der Waals surface area contributed by atoms with Gasteiger partial charge < -0.3 is 23.7 Å². The second-order valence-electron chi connectivity index (χ2n) is 6.64. The molecule has 0 N–H and O–H groups in total. The number of ether oxygens (including phenoxy) is 5. The molecule has 10 heteroatoms. The highest BCUT2D eigenvalue weighted by Crippen LogP contribution is 2.30. The Morgan fingerprint density at radius 2 is 1.73 bits per heavy atom. The van der Waals surface area contributed by atoms with Gasteiger partial charge in [0, 0.05) is 26.1 Å². The number of rotatable bonds is 8. The monoisotopic (exact) mass is 461 g/mol. The lowest BCUT2D eigenvalue weighted by Crippen LogP contribution is -2.38. The molecule has 0 aliphatic carbocycles. The molecular formula is C23H31N3O7. The molecule has 3 rings (SSSR count). The Morgan fingerprint density at radius 1 is 1.03 bits per heavy atom. The third-order valence-corrected chi connectivity index (χ3v) is 4.57. The average Bonchev–Trinajstić information content (AvgIpc) is 2.87. The van der Waals surface area contributed by atoms with E-state index in [0.29, 0.717) is 32.0 Å². The Morgan fingerprint density at radius 3 is 2.36 bits per heavy atom. The number of esters is 1. The molecule has 10 nitrogen and oxygen atoms in total. The number of nitrogens with zero attached hydrogens (tertiary/aromatic N) is 3. The van der Waals surface area contributed by atoms with Crippen molar-refractivity contribution in [3.05, 3.63) is 47.4 Å². The normalized spacial score (nSPS) is 13.3. The highest BCUT2D eigenvalue weighted by Gasteiger charge is 2.26. The van der Waals surface area contributed by atoms with Crippen LogP contribution in [0.5, 0.6) is 11.6 Å². The standard InChI is InChI=1S/C21H25N3O7.C2H6/c1-27-20(25)17-18(31-21(26)28-2)19(30-13-10-24-8-11-29-12-9-24)23-16(22-17)14-15-6-4-3-5-7-15;1-2/h3-7H,8-14H2,1-2H3;1-2H3. The van der Waals surface area contributed by atoms with E-state index in [2.05, 4.69) is 19.6 Å². The fourth-order valence-electron chi connectivity index (χ4n) is 2.98. The molecular weight excluding hydrogens is 430 g/mol. The van der Waals surface area contributed by atoms with Gasteiger partial charge in [0.25, 0.3) is 5.88 Å². The summed E-state index contributed by atoms with van der Waals surface area (Å²) in [5.41, 5.74) is 0.731. The van der Waals surface area contributed by atoms with Crippen molar-refractivity contribution in [1.82, 2.24) is 14.9 Å². The first-order valence-corrected chi connectivity index (χ1v) is 10.8. The molecule has 0 spiro atoms. The molecule has 0 unspecified atom stereocenters. The van der Waals surface area contributed by atoms with Gasteiger partial charge in [0.1, 0.15) is 12.4 Å². The maximum atomic E-state index is 12.4. The van der Waals surface area contributed by atoms with Gasteiger partial charge in [0.05, 0.1) is 27.4 Å².